The highest BCUT2D eigenvalue weighted by Gasteiger charge is 2.35. The number of alkyl halides is 3. The number of thiazole rings is 1. The van der Waals surface area contributed by atoms with Gasteiger partial charge in [-0.05, 0) is 31.2 Å². The van der Waals surface area contributed by atoms with Crippen molar-refractivity contribution in [2.75, 3.05) is 18.6 Å². The van der Waals surface area contributed by atoms with Gasteiger partial charge >= 0.3 is 6.18 Å². The number of carbonyl (C=O) groups excluding carboxylic acids is 1. The molecule has 0 bridgehead atoms. The van der Waals surface area contributed by atoms with Crippen LogP contribution in [0.4, 0.5) is 18.9 Å². The predicted octanol–water partition coefficient (Wildman–Crippen LogP) is 3.55. The third-order valence-corrected chi connectivity index (χ3v) is 5.75. The molecule has 0 saturated carbocycles. The number of benzene rings is 1. The van der Waals surface area contributed by atoms with Crippen molar-refractivity contribution < 1.29 is 22.7 Å². The molecule has 0 radical (unpaired) electrons. The summed E-state index contributed by atoms with van der Waals surface area (Å²) in [5.41, 5.74) is 8.28. The molecule has 0 aliphatic carbocycles. The Kier molecular flexibility index (Phi) is 5.46. The number of halogens is 3. The first-order valence-electron chi connectivity index (χ1n) is 9.24. The van der Waals surface area contributed by atoms with Crippen molar-refractivity contribution in [2.45, 2.75) is 13.1 Å². The summed E-state index contributed by atoms with van der Waals surface area (Å²) in [4.78, 5) is 18.4. The van der Waals surface area contributed by atoms with Crippen LogP contribution >= 0.6 is 11.3 Å². The fraction of sp³-hybridized carbons (Fsp3) is 0.200. The van der Waals surface area contributed by atoms with Crippen LogP contribution < -0.4 is 15.4 Å². The number of nitrogens with two attached hydrogens (primary N) is 1. The second-order valence-electron chi connectivity index (χ2n) is 6.89. The van der Waals surface area contributed by atoms with Crippen LogP contribution in [0, 0.1) is 0 Å². The summed E-state index contributed by atoms with van der Waals surface area (Å²) in [6.07, 6.45) is 0.247. The fourth-order valence-corrected chi connectivity index (χ4v) is 3.90. The summed E-state index contributed by atoms with van der Waals surface area (Å²) < 4.78 is 46.9. The van der Waals surface area contributed by atoms with E-state index in [0.29, 0.717) is 17.1 Å². The molecular weight excluding hydrogens is 445 g/mol. The molecule has 3 aromatic rings. The molecule has 32 heavy (non-hydrogen) atoms. The van der Waals surface area contributed by atoms with Gasteiger partial charge in [0.2, 0.25) is 5.91 Å². The van der Waals surface area contributed by atoms with Gasteiger partial charge in [0.15, 0.2) is 0 Å². The van der Waals surface area contributed by atoms with E-state index in [1.165, 1.54) is 35.3 Å². The lowest BCUT2D eigenvalue weighted by molar-refractivity contribution is -0.138. The summed E-state index contributed by atoms with van der Waals surface area (Å²) in [6, 6.07) is 3.71. The van der Waals surface area contributed by atoms with Crippen LogP contribution in [-0.2, 0) is 11.0 Å². The Bertz CT molecular complexity index is 1230. The van der Waals surface area contributed by atoms with E-state index in [2.05, 4.69) is 15.3 Å². The lowest BCUT2D eigenvalue weighted by atomic mass is 10.0. The zero-order valence-corrected chi connectivity index (χ0v) is 17.7. The molecule has 12 heteroatoms. The van der Waals surface area contributed by atoms with E-state index in [1.54, 1.807) is 35.8 Å². The topological polar surface area (TPSA) is 99.2 Å². The van der Waals surface area contributed by atoms with Crippen LogP contribution in [0.3, 0.4) is 0 Å². The van der Waals surface area contributed by atoms with Crippen molar-refractivity contribution in [1.29, 1.82) is 0 Å². The molecular formula is C20H17F3N6O2S. The summed E-state index contributed by atoms with van der Waals surface area (Å²) >= 11 is 1.39. The van der Waals surface area contributed by atoms with E-state index in [1.807, 2.05) is 0 Å². The second kappa shape index (κ2) is 8.11. The molecule has 1 amide bonds. The summed E-state index contributed by atoms with van der Waals surface area (Å²) in [5.74, 6) is -0.983. The average Bonchev–Trinajstić information content (AvgIpc) is 3.44. The van der Waals surface area contributed by atoms with Crippen LogP contribution in [0.15, 0.2) is 53.4 Å². The Hall–Kier alpha value is -3.67. The molecule has 0 unspecified atom stereocenters. The third-order valence-electron chi connectivity index (χ3n) is 4.96. The molecule has 0 fully saturated rings. The highest BCUT2D eigenvalue weighted by Crippen LogP contribution is 2.40. The van der Waals surface area contributed by atoms with Crippen LogP contribution in [0.1, 0.15) is 12.5 Å². The number of allylic oxidation sites excluding steroid dienone is 3. The quantitative estimate of drug-likeness (QED) is 0.623. The minimum absolute atomic E-state index is 0.00465. The Morgan fingerprint density at radius 2 is 2.09 bits per heavy atom. The van der Waals surface area contributed by atoms with Gasteiger partial charge in [-0.1, -0.05) is 5.21 Å². The number of primary amides is 1. The second-order valence-corrected chi connectivity index (χ2v) is 7.77. The molecule has 2 N–H and O–H groups in total. The average molecular weight is 462 g/mol. The smallest absolute Gasteiger partial charge is 0.420 e. The maximum Gasteiger partial charge on any atom is 0.420 e. The van der Waals surface area contributed by atoms with E-state index in [0.717, 1.165) is 10.9 Å². The highest BCUT2D eigenvalue weighted by atomic mass is 32.1. The van der Waals surface area contributed by atoms with Crippen molar-refractivity contribution in [3.05, 3.63) is 59.0 Å². The van der Waals surface area contributed by atoms with E-state index < -0.39 is 17.6 Å². The van der Waals surface area contributed by atoms with Crippen LogP contribution in [0.2, 0.25) is 0 Å². The molecule has 4 rings (SSSR count). The van der Waals surface area contributed by atoms with Crippen LogP contribution in [-0.4, -0.2) is 39.5 Å². The van der Waals surface area contributed by atoms with Gasteiger partial charge in [0.1, 0.15) is 11.4 Å². The third kappa shape index (κ3) is 3.96. The SMILES string of the molecule is COc1ccc(N2CC(C(N)=O)=CC(n3cc(-c4cncs4)nn3)=C2C)cc1C(F)(F)F. The lowest BCUT2D eigenvalue weighted by Gasteiger charge is -2.31. The van der Waals surface area contributed by atoms with Gasteiger partial charge in [-0.15, -0.1) is 16.4 Å². The number of carbonyl (C=O) groups is 1. The zero-order valence-electron chi connectivity index (χ0n) is 16.9. The zero-order chi connectivity index (χ0) is 23.0. The number of nitrogens with zero attached hydrogens (tertiary/aromatic N) is 5. The molecule has 1 aliphatic rings. The molecule has 0 spiro atoms. The monoisotopic (exact) mass is 462 g/mol. The van der Waals surface area contributed by atoms with E-state index in [9.17, 15) is 18.0 Å². The van der Waals surface area contributed by atoms with Gasteiger partial charge in [-0.25, -0.2) is 4.68 Å². The molecule has 3 heterocycles. The maximum atomic E-state index is 13.5. The first kappa shape index (κ1) is 21.6. The summed E-state index contributed by atoms with van der Waals surface area (Å²) in [7, 11) is 1.17. The van der Waals surface area contributed by atoms with Gasteiger partial charge in [-0.2, -0.15) is 13.2 Å². The lowest BCUT2D eigenvalue weighted by Crippen LogP contribution is -2.33. The Morgan fingerprint density at radius 3 is 2.72 bits per heavy atom. The van der Waals surface area contributed by atoms with E-state index in [4.69, 9.17) is 10.5 Å². The van der Waals surface area contributed by atoms with Crippen molar-refractivity contribution in [3.63, 3.8) is 0 Å². The van der Waals surface area contributed by atoms with Crippen LogP contribution in [0.5, 0.6) is 5.75 Å². The Balaban J connectivity index is 1.81. The molecule has 1 aromatic carbocycles. The molecule has 8 nitrogen and oxygen atoms in total. The number of methoxy groups -OCH3 is 1. The largest absolute Gasteiger partial charge is 0.496 e. The molecule has 166 valence electrons. The number of hydrogen-bond donors (Lipinski definition) is 1. The first-order valence-corrected chi connectivity index (χ1v) is 10.1. The summed E-state index contributed by atoms with van der Waals surface area (Å²) in [5, 5.41) is 8.24. The summed E-state index contributed by atoms with van der Waals surface area (Å²) in [6.45, 7) is 1.72. The molecule has 0 atom stereocenters. The number of amides is 1. The number of anilines is 1. The normalized spacial score (nSPS) is 14.5. The molecule has 0 saturated heterocycles. The number of hydrogen-bond acceptors (Lipinski definition) is 7. The number of aromatic nitrogens is 4. The number of ether oxygens (including phenoxy) is 1. The fourth-order valence-electron chi connectivity index (χ4n) is 3.33. The van der Waals surface area contributed by atoms with Gasteiger partial charge in [0.25, 0.3) is 0 Å². The maximum absolute atomic E-state index is 13.5. The van der Waals surface area contributed by atoms with Crippen LogP contribution in [0.25, 0.3) is 16.3 Å². The van der Waals surface area contributed by atoms with E-state index >= 15 is 0 Å². The van der Waals surface area contributed by atoms with Crippen molar-refractivity contribution >= 4 is 28.6 Å². The minimum Gasteiger partial charge on any atom is -0.496 e. The van der Waals surface area contributed by atoms with Gasteiger partial charge in [-0.3, -0.25) is 9.78 Å². The van der Waals surface area contributed by atoms with Gasteiger partial charge in [0.05, 0.1) is 41.5 Å². The Labute approximate surface area is 184 Å². The van der Waals surface area contributed by atoms with Gasteiger partial charge < -0.3 is 15.4 Å². The first-order chi connectivity index (χ1) is 15.2. The van der Waals surface area contributed by atoms with Crippen molar-refractivity contribution in [3.8, 4) is 16.3 Å². The predicted molar refractivity (Wildman–Crippen MR) is 113 cm³/mol. The molecule has 2 aromatic heterocycles. The van der Waals surface area contributed by atoms with Crippen molar-refractivity contribution in [1.82, 2.24) is 20.0 Å². The van der Waals surface area contributed by atoms with Gasteiger partial charge in [0, 0.05) is 23.2 Å². The van der Waals surface area contributed by atoms with E-state index in [-0.39, 0.29) is 23.6 Å². The highest BCUT2D eigenvalue weighted by molar-refractivity contribution is 7.13. The van der Waals surface area contributed by atoms with Crippen molar-refractivity contribution in [2.24, 2.45) is 5.73 Å². The molecule has 1 aliphatic heterocycles. The minimum atomic E-state index is -4.62. The Morgan fingerprint density at radius 1 is 1.31 bits per heavy atom. The number of rotatable bonds is 5. The standard InChI is InChI=1S/C20H17F3N6O2S/c1-11-16(29-9-15(26-27-29)18-7-25-10-32-18)5-12(19(24)30)8-28(11)13-3-4-17(31-2)14(6-13)20(21,22)23/h3-7,9-10H,8H2,1-2H3,(H2,24,30).